The number of carbonyl (C=O) groups is 2. The molecule has 1 atom stereocenters. The van der Waals surface area contributed by atoms with Crippen molar-refractivity contribution >= 4 is 23.6 Å². The van der Waals surface area contributed by atoms with Gasteiger partial charge in [0.05, 0.1) is 0 Å². The highest BCUT2D eigenvalue weighted by Gasteiger charge is 2.19. The number of carbonyl (C=O) groups excluding carboxylic acids is 1. The van der Waals surface area contributed by atoms with Crippen LogP contribution in [0.5, 0.6) is 0 Å². The number of carboxylic acid groups (broad SMARTS) is 1. The quantitative estimate of drug-likeness (QED) is 0.752. The Labute approximate surface area is 113 Å². The lowest BCUT2D eigenvalue weighted by molar-refractivity contribution is -0.142. The Balaban J connectivity index is 2.35. The molecular weight excluding hydrogens is 276 g/mol. The summed E-state index contributed by atoms with van der Waals surface area (Å²) in [6.45, 7) is -1.17. The summed E-state index contributed by atoms with van der Waals surface area (Å²) in [5, 5.41) is 10.6. The van der Waals surface area contributed by atoms with Crippen molar-refractivity contribution in [1.82, 2.24) is 5.32 Å². The van der Waals surface area contributed by atoms with Crippen LogP contribution in [0.25, 0.3) is 0 Å². The van der Waals surface area contributed by atoms with Gasteiger partial charge in [0.25, 0.3) is 0 Å². The van der Waals surface area contributed by atoms with Crippen LogP contribution in [0.2, 0.25) is 0 Å². The fourth-order valence-corrected chi connectivity index (χ4v) is 2.14. The molecule has 4 nitrogen and oxygen atoms in total. The molecule has 0 aliphatic carbocycles. The molecule has 0 bridgehead atoms. The zero-order valence-corrected chi connectivity index (χ0v) is 10.8. The molecule has 7 heteroatoms. The average molecular weight is 289 g/mol. The van der Waals surface area contributed by atoms with Crippen molar-refractivity contribution in [3.05, 3.63) is 30.1 Å². The third-order valence-corrected chi connectivity index (χ3v) is 3.26. The van der Waals surface area contributed by atoms with E-state index in [4.69, 9.17) is 5.11 Å². The average Bonchev–Trinajstić information content (AvgIpc) is 2.38. The molecule has 1 rings (SSSR count). The third kappa shape index (κ3) is 5.25. The van der Waals surface area contributed by atoms with E-state index in [1.165, 1.54) is 6.07 Å². The molecule has 2 N–H and O–H groups in total. The maximum absolute atomic E-state index is 13.2. The van der Waals surface area contributed by atoms with Gasteiger partial charge in [0, 0.05) is 17.1 Å². The van der Waals surface area contributed by atoms with Gasteiger partial charge in [0.2, 0.25) is 5.91 Å². The number of nitrogens with one attached hydrogen (secondary N) is 1. The van der Waals surface area contributed by atoms with Gasteiger partial charge >= 0.3 is 5.97 Å². The number of thioether (sulfide) groups is 1. The number of alkyl halides is 1. The van der Waals surface area contributed by atoms with E-state index < -0.39 is 24.6 Å². The van der Waals surface area contributed by atoms with Crippen LogP contribution < -0.4 is 5.32 Å². The lowest BCUT2D eigenvalue weighted by atomic mass is 10.3. The van der Waals surface area contributed by atoms with Crippen LogP contribution >= 0.6 is 11.8 Å². The number of benzene rings is 1. The van der Waals surface area contributed by atoms with Crippen LogP contribution in [0, 0.1) is 5.82 Å². The fourth-order valence-electron chi connectivity index (χ4n) is 1.25. The lowest BCUT2D eigenvalue weighted by Crippen LogP contribution is -2.42. The summed E-state index contributed by atoms with van der Waals surface area (Å²) in [5.74, 6) is -2.09. The Kier molecular flexibility index (Phi) is 6.27. The molecule has 0 aromatic heterocycles. The topological polar surface area (TPSA) is 66.4 Å². The smallest absolute Gasteiger partial charge is 0.328 e. The number of rotatable bonds is 7. The van der Waals surface area contributed by atoms with Crippen molar-refractivity contribution in [3.8, 4) is 0 Å². The van der Waals surface area contributed by atoms with E-state index in [-0.39, 0.29) is 18.0 Å². The first-order chi connectivity index (χ1) is 9.04. The van der Waals surface area contributed by atoms with E-state index in [1.807, 2.05) is 5.32 Å². The van der Waals surface area contributed by atoms with Gasteiger partial charge in [0.1, 0.15) is 12.5 Å². The normalized spacial score (nSPS) is 11.9. The molecule has 0 spiro atoms. The van der Waals surface area contributed by atoms with Gasteiger partial charge in [-0.1, -0.05) is 12.1 Å². The minimum Gasteiger partial charge on any atom is -0.480 e. The molecule has 104 valence electrons. The Morgan fingerprint density at radius 3 is 2.63 bits per heavy atom. The second kappa shape index (κ2) is 7.73. The number of carboxylic acids is 1. The standard InChI is InChI=1S/C12H13F2NO3S/c13-7-9(12(17)18)15-11(16)5-6-19-10-4-2-1-3-8(10)14/h1-4,9H,5-7H2,(H,15,16)(H,17,18). The van der Waals surface area contributed by atoms with Crippen LogP contribution in [0.4, 0.5) is 8.78 Å². The van der Waals surface area contributed by atoms with Crippen molar-refractivity contribution in [2.75, 3.05) is 12.4 Å². The van der Waals surface area contributed by atoms with E-state index in [9.17, 15) is 18.4 Å². The maximum atomic E-state index is 13.2. The highest BCUT2D eigenvalue weighted by Crippen LogP contribution is 2.21. The molecule has 1 aromatic carbocycles. The van der Waals surface area contributed by atoms with Gasteiger partial charge in [0.15, 0.2) is 6.04 Å². The first kappa shape index (κ1) is 15.4. The molecule has 0 fully saturated rings. The zero-order chi connectivity index (χ0) is 14.3. The van der Waals surface area contributed by atoms with E-state index in [0.717, 1.165) is 11.8 Å². The summed E-state index contributed by atoms with van der Waals surface area (Å²) in [7, 11) is 0. The Bertz CT molecular complexity index is 456. The van der Waals surface area contributed by atoms with Gasteiger partial charge in [-0.15, -0.1) is 11.8 Å². The van der Waals surface area contributed by atoms with Crippen molar-refractivity contribution in [1.29, 1.82) is 0 Å². The Morgan fingerprint density at radius 2 is 2.05 bits per heavy atom. The van der Waals surface area contributed by atoms with Crippen LogP contribution in [-0.2, 0) is 9.59 Å². The first-order valence-corrected chi connectivity index (χ1v) is 6.48. The predicted octanol–water partition coefficient (Wildman–Crippen LogP) is 1.85. The number of hydrogen-bond donors (Lipinski definition) is 2. The lowest BCUT2D eigenvalue weighted by Gasteiger charge is -2.10. The molecule has 19 heavy (non-hydrogen) atoms. The summed E-state index contributed by atoms with van der Waals surface area (Å²) < 4.78 is 25.5. The number of amides is 1. The van der Waals surface area contributed by atoms with Gasteiger partial charge < -0.3 is 10.4 Å². The van der Waals surface area contributed by atoms with Crippen molar-refractivity contribution < 1.29 is 23.5 Å². The van der Waals surface area contributed by atoms with E-state index in [2.05, 4.69) is 0 Å². The van der Waals surface area contributed by atoms with Crippen molar-refractivity contribution in [3.63, 3.8) is 0 Å². The second-order valence-electron chi connectivity index (χ2n) is 3.64. The fraction of sp³-hybridized carbons (Fsp3) is 0.333. The SMILES string of the molecule is O=C(CCSc1ccccc1F)NC(CF)C(=O)O. The largest absolute Gasteiger partial charge is 0.480 e. The van der Waals surface area contributed by atoms with E-state index in [0.29, 0.717) is 4.90 Å². The Hall–Kier alpha value is -1.63. The minimum atomic E-state index is -1.52. The van der Waals surface area contributed by atoms with Gasteiger partial charge in [-0.2, -0.15) is 0 Å². The number of hydrogen-bond acceptors (Lipinski definition) is 3. The van der Waals surface area contributed by atoms with Gasteiger partial charge in [-0.3, -0.25) is 4.79 Å². The molecule has 0 aliphatic rings. The van der Waals surface area contributed by atoms with E-state index >= 15 is 0 Å². The minimum absolute atomic E-state index is 0.0111. The van der Waals surface area contributed by atoms with Crippen molar-refractivity contribution in [2.45, 2.75) is 17.4 Å². The first-order valence-electron chi connectivity index (χ1n) is 5.50. The number of halogens is 2. The molecule has 0 heterocycles. The summed E-state index contributed by atoms with van der Waals surface area (Å²) in [4.78, 5) is 22.3. The van der Waals surface area contributed by atoms with Crippen molar-refractivity contribution in [2.24, 2.45) is 0 Å². The van der Waals surface area contributed by atoms with Gasteiger partial charge in [-0.05, 0) is 12.1 Å². The molecular formula is C12H13F2NO3S. The molecule has 0 radical (unpaired) electrons. The number of aliphatic carboxylic acids is 1. The molecule has 1 unspecified atom stereocenters. The van der Waals surface area contributed by atoms with Crippen LogP contribution in [-0.4, -0.2) is 35.5 Å². The summed E-state index contributed by atoms with van der Waals surface area (Å²) in [5.41, 5.74) is 0. The monoisotopic (exact) mass is 289 g/mol. The third-order valence-electron chi connectivity index (χ3n) is 2.21. The highest BCUT2D eigenvalue weighted by molar-refractivity contribution is 7.99. The highest BCUT2D eigenvalue weighted by atomic mass is 32.2. The second-order valence-corrected chi connectivity index (χ2v) is 4.78. The molecule has 0 saturated carbocycles. The van der Waals surface area contributed by atoms with Crippen LogP contribution in [0.3, 0.4) is 0 Å². The summed E-state index contributed by atoms with van der Waals surface area (Å²) in [6, 6.07) is 4.61. The molecule has 0 saturated heterocycles. The summed E-state index contributed by atoms with van der Waals surface area (Å²) in [6.07, 6.45) is -0.0111. The van der Waals surface area contributed by atoms with E-state index in [1.54, 1.807) is 18.2 Å². The zero-order valence-electron chi connectivity index (χ0n) is 9.94. The Morgan fingerprint density at radius 1 is 1.37 bits per heavy atom. The van der Waals surface area contributed by atoms with Crippen LogP contribution in [0.1, 0.15) is 6.42 Å². The molecule has 0 aliphatic heterocycles. The maximum Gasteiger partial charge on any atom is 0.328 e. The summed E-state index contributed by atoms with van der Waals surface area (Å²) >= 11 is 1.14. The molecule has 1 amide bonds. The van der Waals surface area contributed by atoms with Gasteiger partial charge in [-0.25, -0.2) is 13.6 Å². The predicted molar refractivity (Wildman–Crippen MR) is 67.3 cm³/mol. The van der Waals surface area contributed by atoms with Crippen LogP contribution in [0.15, 0.2) is 29.2 Å². The molecule has 1 aromatic rings.